The van der Waals surface area contributed by atoms with Gasteiger partial charge in [0, 0.05) is 26.1 Å². The van der Waals surface area contributed by atoms with Gasteiger partial charge in [-0.3, -0.25) is 4.79 Å². The van der Waals surface area contributed by atoms with Gasteiger partial charge in [-0.05, 0) is 39.2 Å². The minimum atomic E-state index is 0.141. The van der Waals surface area contributed by atoms with E-state index >= 15 is 0 Å². The number of amides is 1. The number of methoxy groups -OCH3 is 1. The molecule has 94 valence electrons. The lowest BCUT2D eigenvalue weighted by Gasteiger charge is -2.12. The Labute approximate surface area is 98.1 Å². The van der Waals surface area contributed by atoms with Gasteiger partial charge in [-0.15, -0.1) is 0 Å². The summed E-state index contributed by atoms with van der Waals surface area (Å²) >= 11 is 0. The molecule has 1 aliphatic rings. The van der Waals surface area contributed by atoms with Crippen molar-refractivity contribution in [2.75, 3.05) is 20.2 Å². The highest BCUT2D eigenvalue weighted by Gasteiger charge is 2.13. The highest BCUT2D eigenvalue weighted by Crippen LogP contribution is 2.07. The Balaban J connectivity index is 1.97. The molecule has 0 aromatic heterocycles. The normalized spacial score (nSPS) is 22.0. The molecular formula is C12H24N2O2. The van der Waals surface area contributed by atoms with E-state index in [1.807, 2.05) is 6.92 Å². The molecule has 0 aromatic carbocycles. The molecule has 1 unspecified atom stereocenters. The second kappa shape index (κ2) is 7.63. The summed E-state index contributed by atoms with van der Waals surface area (Å²) in [7, 11) is 1.67. The maximum absolute atomic E-state index is 11.5. The zero-order valence-electron chi connectivity index (χ0n) is 10.4. The van der Waals surface area contributed by atoms with Gasteiger partial charge in [0.2, 0.25) is 5.91 Å². The van der Waals surface area contributed by atoms with Crippen molar-refractivity contribution in [2.45, 2.75) is 51.2 Å². The van der Waals surface area contributed by atoms with E-state index in [1.165, 1.54) is 12.8 Å². The first-order valence-corrected chi connectivity index (χ1v) is 6.25. The predicted molar refractivity (Wildman–Crippen MR) is 64.4 cm³/mol. The van der Waals surface area contributed by atoms with Gasteiger partial charge in [-0.25, -0.2) is 0 Å². The third-order valence-electron chi connectivity index (χ3n) is 3.16. The Kier molecular flexibility index (Phi) is 6.42. The molecule has 0 radical (unpaired) electrons. The van der Waals surface area contributed by atoms with Crippen molar-refractivity contribution in [3.8, 4) is 0 Å². The largest absolute Gasteiger partial charge is 0.382 e. The van der Waals surface area contributed by atoms with Crippen LogP contribution in [0.4, 0.5) is 0 Å². The Hall–Kier alpha value is -0.610. The Morgan fingerprint density at radius 1 is 1.62 bits per heavy atom. The summed E-state index contributed by atoms with van der Waals surface area (Å²) < 4.78 is 5.10. The summed E-state index contributed by atoms with van der Waals surface area (Å²) in [6, 6.07) is 0.609. The second-order valence-electron chi connectivity index (χ2n) is 4.52. The molecule has 1 rings (SSSR count). The lowest BCUT2D eigenvalue weighted by molar-refractivity contribution is -0.121. The number of carbonyl (C=O) groups excluding carboxylic acids is 1. The van der Waals surface area contributed by atoms with Crippen LogP contribution in [0.2, 0.25) is 0 Å². The molecular weight excluding hydrogens is 204 g/mol. The summed E-state index contributed by atoms with van der Waals surface area (Å²) in [6.45, 7) is 3.90. The molecule has 1 aliphatic heterocycles. The van der Waals surface area contributed by atoms with Crippen LogP contribution in [0.5, 0.6) is 0 Å². The highest BCUT2D eigenvalue weighted by atomic mass is 16.5. The number of hydrogen-bond donors (Lipinski definition) is 2. The van der Waals surface area contributed by atoms with Crippen molar-refractivity contribution in [3.05, 3.63) is 0 Å². The zero-order chi connectivity index (χ0) is 11.8. The fraction of sp³-hybridized carbons (Fsp3) is 0.917. The van der Waals surface area contributed by atoms with E-state index < -0.39 is 0 Å². The molecule has 0 saturated carbocycles. The minimum Gasteiger partial charge on any atom is -0.382 e. The third-order valence-corrected chi connectivity index (χ3v) is 3.16. The van der Waals surface area contributed by atoms with E-state index in [0.29, 0.717) is 12.5 Å². The van der Waals surface area contributed by atoms with Gasteiger partial charge in [-0.1, -0.05) is 0 Å². The van der Waals surface area contributed by atoms with Gasteiger partial charge in [0.15, 0.2) is 0 Å². The highest BCUT2D eigenvalue weighted by molar-refractivity contribution is 5.75. The fourth-order valence-electron chi connectivity index (χ4n) is 1.93. The number of hydrogen-bond acceptors (Lipinski definition) is 3. The van der Waals surface area contributed by atoms with Crippen LogP contribution in [0.25, 0.3) is 0 Å². The maximum atomic E-state index is 11.5. The molecule has 2 atom stereocenters. The Morgan fingerprint density at radius 3 is 3.06 bits per heavy atom. The number of carbonyl (C=O) groups is 1. The summed E-state index contributed by atoms with van der Waals surface area (Å²) in [6.07, 6.45) is 5.09. The second-order valence-corrected chi connectivity index (χ2v) is 4.52. The molecule has 0 aromatic rings. The fourth-order valence-corrected chi connectivity index (χ4v) is 1.93. The van der Waals surface area contributed by atoms with Crippen molar-refractivity contribution in [1.29, 1.82) is 0 Å². The van der Waals surface area contributed by atoms with Crippen molar-refractivity contribution < 1.29 is 9.53 Å². The van der Waals surface area contributed by atoms with E-state index in [2.05, 4.69) is 10.6 Å². The third kappa shape index (κ3) is 5.47. The first kappa shape index (κ1) is 13.5. The summed E-state index contributed by atoms with van der Waals surface area (Å²) in [4.78, 5) is 11.5. The van der Waals surface area contributed by atoms with Crippen LogP contribution in [-0.2, 0) is 9.53 Å². The molecule has 1 saturated heterocycles. The van der Waals surface area contributed by atoms with E-state index in [0.717, 1.165) is 25.9 Å². The van der Waals surface area contributed by atoms with Gasteiger partial charge >= 0.3 is 0 Å². The van der Waals surface area contributed by atoms with Crippen LogP contribution in [-0.4, -0.2) is 38.3 Å². The number of rotatable bonds is 7. The molecule has 0 bridgehead atoms. The van der Waals surface area contributed by atoms with Gasteiger partial charge < -0.3 is 15.4 Å². The molecule has 1 fully saturated rings. The zero-order valence-corrected chi connectivity index (χ0v) is 10.4. The monoisotopic (exact) mass is 228 g/mol. The quantitative estimate of drug-likeness (QED) is 0.685. The first-order valence-electron chi connectivity index (χ1n) is 6.25. The number of ether oxygens (including phenoxy) is 1. The standard InChI is InChI=1S/C12H24N2O2/c1-10(16-2)5-6-12(15)14-9-7-11-4-3-8-13-11/h10-11,13H,3-9H2,1-2H3,(H,14,15)/t10?,11-/m0/s1. The molecule has 4 nitrogen and oxygen atoms in total. The van der Waals surface area contributed by atoms with Crippen LogP contribution in [0.3, 0.4) is 0 Å². The van der Waals surface area contributed by atoms with Gasteiger partial charge in [0.25, 0.3) is 0 Å². The van der Waals surface area contributed by atoms with Gasteiger partial charge in [-0.2, -0.15) is 0 Å². The van der Waals surface area contributed by atoms with E-state index in [1.54, 1.807) is 7.11 Å². The predicted octanol–water partition coefficient (Wildman–Crippen LogP) is 1.06. The molecule has 0 spiro atoms. The summed E-state index contributed by atoms with van der Waals surface area (Å²) in [5, 5.41) is 6.37. The molecule has 4 heteroatoms. The van der Waals surface area contributed by atoms with Crippen LogP contribution < -0.4 is 10.6 Å². The van der Waals surface area contributed by atoms with Crippen LogP contribution in [0.15, 0.2) is 0 Å². The number of nitrogens with one attached hydrogen (secondary N) is 2. The van der Waals surface area contributed by atoms with E-state index in [9.17, 15) is 4.79 Å². The van der Waals surface area contributed by atoms with Crippen molar-refractivity contribution in [3.63, 3.8) is 0 Å². The molecule has 1 amide bonds. The first-order chi connectivity index (χ1) is 7.72. The molecule has 1 heterocycles. The van der Waals surface area contributed by atoms with Crippen molar-refractivity contribution in [1.82, 2.24) is 10.6 Å². The maximum Gasteiger partial charge on any atom is 0.220 e. The molecule has 16 heavy (non-hydrogen) atoms. The smallest absolute Gasteiger partial charge is 0.220 e. The van der Waals surface area contributed by atoms with E-state index in [-0.39, 0.29) is 12.0 Å². The van der Waals surface area contributed by atoms with Gasteiger partial charge in [0.05, 0.1) is 6.10 Å². The Morgan fingerprint density at radius 2 is 2.44 bits per heavy atom. The molecule has 2 N–H and O–H groups in total. The van der Waals surface area contributed by atoms with Crippen LogP contribution in [0, 0.1) is 0 Å². The minimum absolute atomic E-state index is 0.141. The van der Waals surface area contributed by atoms with E-state index in [4.69, 9.17) is 4.74 Å². The summed E-state index contributed by atoms with van der Waals surface area (Å²) in [5.74, 6) is 0.141. The van der Waals surface area contributed by atoms with Crippen LogP contribution >= 0.6 is 0 Å². The summed E-state index contributed by atoms with van der Waals surface area (Å²) in [5.41, 5.74) is 0. The lowest BCUT2D eigenvalue weighted by atomic mass is 10.1. The lowest BCUT2D eigenvalue weighted by Crippen LogP contribution is -2.30. The molecule has 0 aliphatic carbocycles. The van der Waals surface area contributed by atoms with Crippen LogP contribution in [0.1, 0.15) is 39.0 Å². The van der Waals surface area contributed by atoms with Crippen molar-refractivity contribution >= 4 is 5.91 Å². The SMILES string of the molecule is COC(C)CCC(=O)NCC[C@@H]1CCCN1. The van der Waals surface area contributed by atoms with Crippen molar-refractivity contribution in [2.24, 2.45) is 0 Å². The van der Waals surface area contributed by atoms with Gasteiger partial charge in [0.1, 0.15) is 0 Å². The topological polar surface area (TPSA) is 50.4 Å². The average Bonchev–Trinajstić information content (AvgIpc) is 2.79. The average molecular weight is 228 g/mol. The Bertz CT molecular complexity index is 203.